The van der Waals surface area contributed by atoms with Crippen LogP contribution in [0.2, 0.25) is 5.02 Å². The molecule has 0 saturated carbocycles. The zero-order chi connectivity index (χ0) is 22.5. The van der Waals surface area contributed by atoms with Gasteiger partial charge in [0.25, 0.3) is 5.91 Å². The van der Waals surface area contributed by atoms with Crippen LogP contribution in [-0.2, 0) is 0 Å². The maximum Gasteiger partial charge on any atom is 0.272 e. The van der Waals surface area contributed by atoms with Gasteiger partial charge >= 0.3 is 0 Å². The third-order valence-electron chi connectivity index (χ3n) is 4.65. The van der Waals surface area contributed by atoms with Crippen molar-refractivity contribution in [2.24, 2.45) is 5.10 Å². The van der Waals surface area contributed by atoms with Crippen molar-refractivity contribution >= 4 is 46.3 Å². The summed E-state index contributed by atoms with van der Waals surface area (Å²) in [5.41, 5.74) is 6.74. The quantitative estimate of drug-likeness (QED) is 0.239. The molecular formula is C23H23ClIN3O3. The Morgan fingerprint density at radius 1 is 1.19 bits per heavy atom. The maximum atomic E-state index is 12.6. The minimum Gasteiger partial charge on any atom is -0.493 e. The van der Waals surface area contributed by atoms with Crippen LogP contribution in [0.15, 0.2) is 47.6 Å². The van der Waals surface area contributed by atoms with Crippen LogP contribution in [0.3, 0.4) is 0 Å². The third-order valence-corrected chi connectivity index (χ3v) is 5.76. The van der Waals surface area contributed by atoms with E-state index in [1.54, 1.807) is 31.5 Å². The SMILES string of the molecule is CCOc1c(I)cc(/C=N\NC(=O)c2ccc(-n3c(C)ccc3C)cc2Cl)cc1OC. The van der Waals surface area contributed by atoms with Gasteiger partial charge in [0.15, 0.2) is 11.5 Å². The summed E-state index contributed by atoms with van der Waals surface area (Å²) in [6.45, 7) is 6.50. The lowest BCUT2D eigenvalue weighted by Crippen LogP contribution is -2.18. The van der Waals surface area contributed by atoms with E-state index in [4.69, 9.17) is 21.1 Å². The summed E-state index contributed by atoms with van der Waals surface area (Å²) in [5, 5.41) is 4.42. The van der Waals surface area contributed by atoms with Crippen molar-refractivity contribution in [2.45, 2.75) is 20.8 Å². The Kier molecular flexibility index (Phi) is 7.61. The molecule has 6 nitrogen and oxygen atoms in total. The van der Waals surface area contributed by atoms with Crippen LogP contribution < -0.4 is 14.9 Å². The van der Waals surface area contributed by atoms with E-state index in [0.29, 0.717) is 28.7 Å². The van der Waals surface area contributed by atoms with E-state index in [1.807, 2.05) is 45.0 Å². The highest BCUT2D eigenvalue weighted by Crippen LogP contribution is 2.33. The van der Waals surface area contributed by atoms with Gasteiger partial charge in [-0.05, 0) is 91.4 Å². The molecule has 1 heterocycles. The van der Waals surface area contributed by atoms with E-state index in [0.717, 1.165) is 26.2 Å². The average Bonchev–Trinajstić information content (AvgIpc) is 3.07. The van der Waals surface area contributed by atoms with Crippen LogP contribution in [0.1, 0.15) is 34.2 Å². The second-order valence-corrected chi connectivity index (χ2v) is 8.35. The van der Waals surface area contributed by atoms with Crippen molar-refractivity contribution in [3.8, 4) is 17.2 Å². The monoisotopic (exact) mass is 551 g/mol. The number of nitrogens with one attached hydrogen (secondary N) is 1. The van der Waals surface area contributed by atoms with Crippen molar-refractivity contribution in [1.29, 1.82) is 0 Å². The number of halogens is 2. The molecule has 0 saturated heterocycles. The summed E-state index contributed by atoms with van der Waals surface area (Å²) in [6.07, 6.45) is 1.55. The van der Waals surface area contributed by atoms with E-state index < -0.39 is 0 Å². The molecule has 0 radical (unpaired) electrons. The molecule has 0 aliphatic carbocycles. The number of rotatable bonds is 7. The zero-order valence-electron chi connectivity index (χ0n) is 17.7. The van der Waals surface area contributed by atoms with Crippen molar-refractivity contribution in [1.82, 2.24) is 9.99 Å². The van der Waals surface area contributed by atoms with Gasteiger partial charge in [-0.25, -0.2) is 5.43 Å². The standard InChI is InChI=1S/C23H23ClIN3O3/c1-5-31-22-20(25)10-16(11-21(22)30-4)13-26-27-23(29)18-9-8-17(12-19(18)24)28-14(2)6-7-15(28)3/h6-13H,5H2,1-4H3,(H,27,29)/b26-13-. The van der Waals surface area contributed by atoms with Gasteiger partial charge in [0.1, 0.15) is 0 Å². The van der Waals surface area contributed by atoms with Gasteiger partial charge in [-0.2, -0.15) is 5.10 Å². The average molecular weight is 552 g/mol. The van der Waals surface area contributed by atoms with Crippen LogP contribution in [-0.4, -0.2) is 30.4 Å². The fraction of sp³-hybridized carbons (Fsp3) is 0.217. The Labute approximate surface area is 200 Å². The lowest BCUT2D eigenvalue weighted by molar-refractivity contribution is 0.0955. The number of hydrazone groups is 1. The molecular weight excluding hydrogens is 529 g/mol. The van der Waals surface area contributed by atoms with Crippen molar-refractivity contribution in [2.75, 3.05) is 13.7 Å². The molecule has 0 bridgehead atoms. The molecule has 31 heavy (non-hydrogen) atoms. The Morgan fingerprint density at radius 3 is 2.52 bits per heavy atom. The number of methoxy groups -OCH3 is 1. The predicted molar refractivity (Wildman–Crippen MR) is 132 cm³/mol. The molecule has 0 aliphatic heterocycles. The highest BCUT2D eigenvalue weighted by Gasteiger charge is 2.13. The predicted octanol–water partition coefficient (Wildman–Crippen LogP) is 5.52. The molecule has 1 amide bonds. The molecule has 0 atom stereocenters. The van der Waals surface area contributed by atoms with Gasteiger partial charge in [-0.15, -0.1) is 0 Å². The number of hydrogen-bond acceptors (Lipinski definition) is 4. The fourth-order valence-corrected chi connectivity index (χ4v) is 4.27. The summed E-state index contributed by atoms with van der Waals surface area (Å²) in [6, 6.07) is 13.1. The molecule has 3 rings (SSSR count). The van der Waals surface area contributed by atoms with Gasteiger partial charge in [0, 0.05) is 17.1 Å². The molecule has 162 valence electrons. The first-order valence-corrected chi connectivity index (χ1v) is 11.1. The van der Waals surface area contributed by atoms with Crippen molar-refractivity contribution in [3.05, 3.63) is 73.6 Å². The smallest absolute Gasteiger partial charge is 0.272 e. The highest BCUT2D eigenvalue weighted by atomic mass is 127. The number of aryl methyl sites for hydroxylation is 2. The molecule has 0 spiro atoms. The number of carbonyl (C=O) groups excluding carboxylic acids is 1. The number of ether oxygens (including phenoxy) is 2. The van der Waals surface area contributed by atoms with Gasteiger partial charge in [0.2, 0.25) is 0 Å². The van der Waals surface area contributed by atoms with E-state index in [9.17, 15) is 4.79 Å². The van der Waals surface area contributed by atoms with Gasteiger partial charge in [-0.1, -0.05) is 11.6 Å². The van der Waals surface area contributed by atoms with Crippen LogP contribution in [0.25, 0.3) is 5.69 Å². The Bertz CT molecular complexity index is 1120. The molecule has 2 aromatic carbocycles. The Morgan fingerprint density at radius 2 is 1.90 bits per heavy atom. The zero-order valence-corrected chi connectivity index (χ0v) is 20.6. The Hall–Kier alpha value is -2.52. The maximum absolute atomic E-state index is 12.6. The Balaban J connectivity index is 1.75. The molecule has 8 heteroatoms. The van der Waals surface area contributed by atoms with Crippen LogP contribution in [0.4, 0.5) is 0 Å². The molecule has 3 aromatic rings. The second kappa shape index (κ2) is 10.2. The van der Waals surface area contributed by atoms with Gasteiger partial charge in [0.05, 0.1) is 34.1 Å². The van der Waals surface area contributed by atoms with E-state index in [2.05, 4.69) is 37.7 Å². The van der Waals surface area contributed by atoms with E-state index in [-0.39, 0.29) is 5.91 Å². The topological polar surface area (TPSA) is 64.8 Å². The first-order chi connectivity index (χ1) is 14.8. The number of aromatic nitrogens is 1. The normalized spacial score (nSPS) is 11.0. The summed E-state index contributed by atoms with van der Waals surface area (Å²) in [4.78, 5) is 12.6. The molecule has 0 aliphatic rings. The minimum atomic E-state index is -0.388. The van der Waals surface area contributed by atoms with Crippen molar-refractivity contribution < 1.29 is 14.3 Å². The number of hydrogen-bond donors (Lipinski definition) is 1. The number of carbonyl (C=O) groups is 1. The molecule has 0 fully saturated rings. The first-order valence-electron chi connectivity index (χ1n) is 9.64. The lowest BCUT2D eigenvalue weighted by atomic mass is 10.2. The van der Waals surface area contributed by atoms with Crippen LogP contribution in [0, 0.1) is 17.4 Å². The largest absolute Gasteiger partial charge is 0.493 e. The lowest BCUT2D eigenvalue weighted by Gasteiger charge is -2.12. The van der Waals surface area contributed by atoms with Gasteiger partial charge < -0.3 is 14.0 Å². The number of nitrogens with zero attached hydrogens (tertiary/aromatic N) is 2. The summed E-state index contributed by atoms with van der Waals surface area (Å²) in [7, 11) is 1.58. The van der Waals surface area contributed by atoms with Crippen LogP contribution in [0.5, 0.6) is 11.5 Å². The fourth-order valence-electron chi connectivity index (χ4n) is 3.23. The molecule has 1 N–H and O–H groups in total. The molecule has 0 unspecified atom stereocenters. The number of benzene rings is 2. The number of amides is 1. The third kappa shape index (κ3) is 5.22. The second-order valence-electron chi connectivity index (χ2n) is 6.78. The molecule has 1 aromatic heterocycles. The highest BCUT2D eigenvalue weighted by molar-refractivity contribution is 14.1. The first kappa shape index (κ1) is 23.1. The van der Waals surface area contributed by atoms with Gasteiger partial charge in [-0.3, -0.25) is 4.79 Å². The summed E-state index contributed by atoms with van der Waals surface area (Å²) in [5.74, 6) is 0.906. The van der Waals surface area contributed by atoms with Crippen molar-refractivity contribution in [3.63, 3.8) is 0 Å². The van der Waals surface area contributed by atoms with Crippen LogP contribution >= 0.6 is 34.2 Å². The minimum absolute atomic E-state index is 0.351. The summed E-state index contributed by atoms with van der Waals surface area (Å²) >= 11 is 8.57. The van der Waals surface area contributed by atoms with E-state index in [1.165, 1.54) is 0 Å². The van der Waals surface area contributed by atoms with E-state index >= 15 is 0 Å². The summed E-state index contributed by atoms with van der Waals surface area (Å²) < 4.78 is 14.0.